The van der Waals surface area contributed by atoms with Gasteiger partial charge < -0.3 is 19.5 Å². The number of carbonyl (C=O) groups is 1. The van der Waals surface area contributed by atoms with Crippen LogP contribution < -0.4 is 5.32 Å². The van der Waals surface area contributed by atoms with Gasteiger partial charge in [0.2, 0.25) is 0 Å². The van der Waals surface area contributed by atoms with E-state index in [1.54, 1.807) is 0 Å². The summed E-state index contributed by atoms with van der Waals surface area (Å²) in [6.07, 6.45) is 4.03. The molecular weight excluding hydrogens is 222 g/mol. The van der Waals surface area contributed by atoms with E-state index in [4.69, 9.17) is 14.2 Å². The zero-order valence-corrected chi connectivity index (χ0v) is 10.4. The Morgan fingerprint density at radius 2 is 2.00 bits per heavy atom. The van der Waals surface area contributed by atoms with E-state index in [9.17, 15) is 4.79 Å². The molecule has 1 saturated heterocycles. The van der Waals surface area contributed by atoms with Gasteiger partial charge in [0.1, 0.15) is 0 Å². The Balaban J connectivity index is 1.70. The summed E-state index contributed by atoms with van der Waals surface area (Å²) in [6, 6.07) is 0.192. The number of rotatable bonds is 3. The van der Waals surface area contributed by atoms with Crippen LogP contribution in [0.1, 0.15) is 39.0 Å². The van der Waals surface area contributed by atoms with Gasteiger partial charge in [-0.25, -0.2) is 4.79 Å². The molecule has 1 heterocycles. The van der Waals surface area contributed by atoms with E-state index in [0.29, 0.717) is 19.8 Å². The van der Waals surface area contributed by atoms with E-state index >= 15 is 0 Å². The lowest BCUT2D eigenvalue weighted by Gasteiger charge is -2.35. The van der Waals surface area contributed by atoms with Crippen LogP contribution in [0, 0.1) is 0 Å². The number of alkyl carbamates (subject to hydrolysis) is 1. The predicted molar refractivity (Wildman–Crippen MR) is 61.7 cm³/mol. The molecule has 0 aromatic rings. The molecule has 2 rings (SSSR count). The quantitative estimate of drug-likeness (QED) is 0.821. The van der Waals surface area contributed by atoms with Crippen LogP contribution in [0.15, 0.2) is 0 Å². The maximum atomic E-state index is 11.4. The lowest BCUT2D eigenvalue weighted by molar-refractivity contribution is -0.179. The molecule has 0 aromatic carbocycles. The van der Waals surface area contributed by atoms with Crippen molar-refractivity contribution in [3.05, 3.63) is 0 Å². The number of ether oxygens (including phenoxy) is 3. The summed E-state index contributed by atoms with van der Waals surface area (Å²) in [5, 5.41) is 2.89. The third-order valence-corrected chi connectivity index (χ3v) is 3.32. The molecule has 1 aliphatic carbocycles. The molecule has 1 amide bonds. The first-order chi connectivity index (χ1) is 8.24. The largest absolute Gasteiger partial charge is 0.450 e. The third-order valence-electron chi connectivity index (χ3n) is 3.32. The summed E-state index contributed by atoms with van der Waals surface area (Å²) in [5.41, 5.74) is 0. The van der Waals surface area contributed by atoms with Crippen molar-refractivity contribution in [3.8, 4) is 0 Å². The van der Waals surface area contributed by atoms with Crippen molar-refractivity contribution >= 4 is 6.09 Å². The van der Waals surface area contributed by atoms with E-state index < -0.39 is 0 Å². The zero-order chi connectivity index (χ0) is 12.1. The Bertz CT molecular complexity index is 253. The highest BCUT2D eigenvalue weighted by Crippen LogP contribution is 2.35. The molecule has 0 aromatic heterocycles. The first-order valence-electron chi connectivity index (χ1n) is 6.45. The number of carbonyl (C=O) groups excluding carboxylic acids is 1. The van der Waals surface area contributed by atoms with E-state index in [1.165, 1.54) is 0 Å². The summed E-state index contributed by atoms with van der Waals surface area (Å²) < 4.78 is 16.3. The van der Waals surface area contributed by atoms with Crippen molar-refractivity contribution in [1.29, 1.82) is 0 Å². The molecule has 1 spiro atoms. The minimum atomic E-state index is -0.356. The van der Waals surface area contributed by atoms with Gasteiger partial charge in [0.25, 0.3) is 0 Å². The second-order valence-electron chi connectivity index (χ2n) is 4.66. The normalized spacial score (nSPS) is 23.8. The molecule has 2 aliphatic rings. The van der Waals surface area contributed by atoms with Crippen molar-refractivity contribution in [3.63, 3.8) is 0 Å². The molecule has 1 saturated carbocycles. The van der Waals surface area contributed by atoms with Crippen LogP contribution in [-0.2, 0) is 14.2 Å². The van der Waals surface area contributed by atoms with Crippen LogP contribution in [0.4, 0.5) is 4.79 Å². The van der Waals surface area contributed by atoms with Crippen molar-refractivity contribution in [2.45, 2.75) is 50.9 Å². The van der Waals surface area contributed by atoms with Crippen molar-refractivity contribution < 1.29 is 19.0 Å². The van der Waals surface area contributed by atoms with Gasteiger partial charge >= 0.3 is 6.09 Å². The highest BCUT2D eigenvalue weighted by Gasteiger charge is 2.40. The van der Waals surface area contributed by atoms with E-state index in [0.717, 1.165) is 32.1 Å². The van der Waals surface area contributed by atoms with E-state index in [1.807, 2.05) is 6.92 Å². The molecule has 1 N–H and O–H groups in total. The van der Waals surface area contributed by atoms with Crippen LogP contribution in [0.2, 0.25) is 0 Å². The van der Waals surface area contributed by atoms with Crippen molar-refractivity contribution in [2.24, 2.45) is 0 Å². The fourth-order valence-corrected chi connectivity index (χ4v) is 2.39. The zero-order valence-electron chi connectivity index (χ0n) is 10.4. The Kier molecular flexibility index (Phi) is 4.23. The minimum Gasteiger partial charge on any atom is -0.450 e. The SMILES string of the molecule is CCCOC(=O)NC1CCC2(CC1)OCCO2. The lowest BCUT2D eigenvalue weighted by Crippen LogP contribution is -2.44. The van der Waals surface area contributed by atoms with Crippen LogP contribution in [0.25, 0.3) is 0 Å². The summed E-state index contributed by atoms with van der Waals surface area (Å²) in [7, 11) is 0. The maximum Gasteiger partial charge on any atom is 0.407 e. The van der Waals surface area contributed by atoms with Gasteiger partial charge in [-0.1, -0.05) is 6.92 Å². The smallest absolute Gasteiger partial charge is 0.407 e. The van der Waals surface area contributed by atoms with Crippen LogP contribution in [0.5, 0.6) is 0 Å². The third kappa shape index (κ3) is 3.33. The molecule has 98 valence electrons. The van der Waals surface area contributed by atoms with Crippen molar-refractivity contribution in [1.82, 2.24) is 5.32 Å². The first-order valence-corrected chi connectivity index (χ1v) is 6.45. The van der Waals surface area contributed by atoms with Crippen LogP contribution in [0.3, 0.4) is 0 Å². The molecule has 5 nitrogen and oxygen atoms in total. The predicted octanol–water partition coefficient (Wildman–Crippen LogP) is 1.81. The topological polar surface area (TPSA) is 56.8 Å². The highest BCUT2D eigenvalue weighted by molar-refractivity contribution is 5.67. The number of hydrogen-bond donors (Lipinski definition) is 1. The average Bonchev–Trinajstić information content (AvgIpc) is 2.79. The van der Waals surface area contributed by atoms with Crippen molar-refractivity contribution in [2.75, 3.05) is 19.8 Å². The van der Waals surface area contributed by atoms with Gasteiger partial charge in [-0.3, -0.25) is 0 Å². The maximum absolute atomic E-state index is 11.4. The van der Waals surface area contributed by atoms with Gasteiger partial charge in [0.05, 0.1) is 19.8 Å². The molecule has 1 aliphatic heterocycles. The Hall–Kier alpha value is -0.810. The molecule has 0 radical (unpaired) electrons. The Morgan fingerprint density at radius 1 is 1.35 bits per heavy atom. The molecule has 0 unspecified atom stereocenters. The second-order valence-corrected chi connectivity index (χ2v) is 4.66. The molecular formula is C12H21NO4. The summed E-state index contributed by atoms with van der Waals surface area (Å²) in [6.45, 7) is 3.84. The molecule has 5 heteroatoms. The monoisotopic (exact) mass is 243 g/mol. The minimum absolute atomic E-state index is 0.192. The second kappa shape index (κ2) is 5.69. The van der Waals surface area contributed by atoms with Gasteiger partial charge in [-0.2, -0.15) is 0 Å². The standard InChI is InChI=1S/C12H21NO4/c1-2-7-15-11(14)13-10-3-5-12(6-4-10)16-8-9-17-12/h10H,2-9H2,1H3,(H,13,14). The number of hydrogen-bond acceptors (Lipinski definition) is 4. The first kappa shape index (κ1) is 12.6. The fourth-order valence-electron chi connectivity index (χ4n) is 2.39. The average molecular weight is 243 g/mol. The Morgan fingerprint density at radius 3 is 2.59 bits per heavy atom. The van der Waals surface area contributed by atoms with E-state index in [2.05, 4.69) is 5.32 Å². The Labute approximate surface area is 102 Å². The highest BCUT2D eigenvalue weighted by atomic mass is 16.7. The summed E-state index contributed by atoms with van der Waals surface area (Å²) >= 11 is 0. The molecule has 0 bridgehead atoms. The van der Waals surface area contributed by atoms with E-state index in [-0.39, 0.29) is 17.9 Å². The summed E-state index contributed by atoms with van der Waals surface area (Å²) in [4.78, 5) is 11.4. The van der Waals surface area contributed by atoms with Gasteiger partial charge in [0.15, 0.2) is 5.79 Å². The molecule has 0 atom stereocenters. The number of nitrogens with one attached hydrogen (secondary N) is 1. The van der Waals surface area contributed by atoms with Crippen LogP contribution >= 0.6 is 0 Å². The lowest BCUT2D eigenvalue weighted by atomic mass is 9.90. The summed E-state index contributed by atoms with van der Waals surface area (Å²) in [5.74, 6) is -0.356. The number of amides is 1. The van der Waals surface area contributed by atoms with Gasteiger partial charge in [0, 0.05) is 18.9 Å². The molecule has 2 fully saturated rings. The van der Waals surface area contributed by atoms with Gasteiger partial charge in [-0.15, -0.1) is 0 Å². The molecule has 17 heavy (non-hydrogen) atoms. The van der Waals surface area contributed by atoms with Crippen LogP contribution in [-0.4, -0.2) is 37.7 Å². The fraction of sp³-hybridized carbons (Fsp3) is 0.917. The van der Waals surface area contributed by atoms with Gasteiger partial charge in [-0.05, 0) is 19.3 Å².